The molecule has 2 aromatic carbocycles. The number of hydrogen-bond acceptors (Lipinski definition) is 4. The number of carbonyl (C=O) groups is 2. The van der Waals surface area contributed by atoms with E-state index in [-0.39, 0.29) is 17.8 Å². The van der Waals surface area contributed by atoms with Crippen molar-refractivity contribution in [1.82, 2.24) is 0 Å². The Morgan fingerprint density at radius 1 is 1.04 bits per heavy atom. The van der Waals surface area contributed by atoms with Crippen LogP contribution in [0.1, 0.15) is 44.3 Å². The van der Waals surface area contributed by atoms with Gasteiger partial charge in [-0.1, -0.05) is 55.3 Å². The zero-order valence-corrected chi connectivity index (χ0v) is 15.5. The van der Waals surface area contributed by atoms with Gasteiger partial charge in [-0.25, -0.2) is 0 Å². The monoisotopic (exact) mass is 367 g/mol. The minimum absolute atomic E-state index is 0.111. The molecule has 1 fully saturated rings. The Balaban J connectivity index is 1.79. The number of carbonyl (C=O) groups excluding carboxylic acids is 2. The zero-order chi connectivity index (χ0) is 19.1. The maximum atomic E-state index is 13.0. The Bertz CT molecular complexity index is 769. The van der Waals surface area contributed by atoms with Crippen molar-refractivity contribution in [2.24, 2.45) is 5.92 Å². The van der Waals surface area contributed by atoms with Crippen LogP contribution in [0.4, 0.5) is 5.69 Å². The van der Waals surface area contributed by atoms with Gasteiger partial charge in [0.2, 0.25) is 6.10 Å². The molecule has 0 spiro atoms. The molecule has 0 unspecified atom stereocenters. The molecule has 2 aromatic rings. The summed E-state index contributed by atoms with van der Waals surface area (Å²) in [6, 6.07) is 16.3. The topological polar surface area (TPSA) is 64.6 Å². The molecule has 1 amide bonds. The maximum absolute atomic E-state index is 13.0. The Labute approximate surface area is 159 Å². The number of hydrogen-bond donors (Lipinski definition) is 1. The lowest BCUT2D eigenvalue weighted by Crippen LogP contribution is -2.28. The molecule has 1 atom stereocenters. The van der Waals surface area contributed by atoms with Gasteiger partial charge in [0.1, 0.15) is 5.75 Å². The van der Waals surface area contributed by atoms with Crippen LogP contribution in [0.2, 0.25) is 0 Å². The predicted molar refractivity (Wildman–Crippen MR) is 103 cm³/mol. The summed E-state index contributed by atoms with van der Waals surface area (Å²) in [6.45, 7) is 2.38. The lowest BCUT2D eigenvalue weighted by atomic mass is 10.1. The number of benzene rings is 2. The molecule has 5 nitrogen and oxygen atoms in total. The second-order valence-corrected chi connectivity index (χ2v) is 6.63. The fourth-order valence-corrected chi connectivity index (χ4v) is 3.32. The quantitative estimate of drug-likeness (QED) is 0.732. The number of esters is 1. The molecule has 0 aromatic heterocycles. The van der Waals surface area contributed by atoms with Gasteiger partial charge in [-0.3, -0.25) is 9.59 Å². The van der Waals surface area contributed by atoms with Crippen LogP contribution < -0.4 is 10.1 Å². The first-order chi connectivity index (χ1) is 13.2. The van der Waals surface area contributed by atoms with Crippen LogP contribution >= 0.6 is 0 Å². The Morgan fingerprint density at radius 3 is 2.41 bits per heavy atom. The van der Waals surface area contributed by atoms with Crippen molar-refractivity contribution in [3.05, 3.63) is 60.2 Å². The maximum Gasteiger partial charge on any atom is 0.310 e. The highest BCUT2D eigenvalue weighted by molar-refractivity contribution is 5.97. The van der Waals surface area contributed by atoms with Gasteiger partial charge in [0.25, 0.3) is 5.91 Å². The van der Waals surface area contributed by atoms with Gasteiger partial charge in [0.05, 0.1) is 18.2 Å². The summed E-state index contributed by atoms with van der Waals surface area (Å²) in [5, 5.41) is 2.85. The van der Waals surface area contributed by atoms with Crippen molar-refractivity contribution in [2.75, 3.05) is 11.9 Å². The zero-order valence-electron chi connectivity index (χ0n) is 15.5. The number of amides is 1. The van der Waals surface area contributed by atoms with Crippen LogP contribution in [0.3, 0.4) is 0 Å². The van der Waals surface area contributed by atoms with Crippen molar-refractivity contribution < 1.29 is 19.1 Å². The summed E-state index contributed by atoms with van der Waals surface area (Å²) in [5.41, 5.74) is 1.21. The molecular weight excluding hydrogens is 342 g/mol. The van der Waals surface area contributed by atoms with E-state index in [1.54, 1.807) is 24.3 Å². The smallest absolute Gasteiger partial charge is 0.310 e. The van der Waals surface area contributed by atoms with Gasteiger partial charge in [-0.15, -0.1) is 0 Å². The number of para-hydroxylation sites is 2. The summed E-state index contributed by atoms with van der Waals surface area (Å²) in [4.78, 5) is 25.5. The van der Waals surface area contributed by atoms with Gasteiger partial charge in [0.15, 0.2) is 0 Å². The predicted octanol–water partition coefficient (Wildman–Crippen LogP) is 4.50. The van der Waals surface area contributed by atoms with Crippen LogP contribution in [0.5, 0.6) is 5.75 Å². The van der Waals surface area contributed by atoms with E-state index < -0.39 is 6.10 Å². The SMILES string of the molecule is CCOc1ccccc1NC(=O)[C@H](OC(=O)C1CCCC1)c1ccccc1. The molecule has 0 bridgehead atoms. The summed E-state index contributed by atoms with van der Waals surface area (Å²) in [6.07, 6.45) is 2.73. The van der Waals surface area contributed by atoms with Crippen LogP contribution in [0, 0.1) is 5.92 Å². The molecule has 1 aliphatic carbocycles. The molecule has 3 rings (SSSR count). The highest BCUT2D eigenvalue weighted by Crippen LogP contribution is 2.30. The fraction of sp³-hybridized carbons (Fsp3) is 0.364. The van der Waals surface area contributed by atoms with E-state index in [0.717, 1.165) is 25.7 Å². The lowest BCUT2D eigenvalue weighted by Gasteiger charge is -2.20. The van der Waals surface area contributed by atoms with Crippen molar-refractivity contribution in [3.63, 3.8) is 0 Å². The third-order valence-corrected chi connectivity index (χ3v) is 4.71. The molecule has 0 heterocycles. The van der Waals surface area contributed by atoms with Crippen LogP contribution in [0.15, 0.2) is 54.6 Å². The normalized spacial score (nSPS) is 15.1. The van der Waals surface area contributed by atoms with Crippen molar-refractivity contribution in [1.29, 1.82) is 0 Å². The van der Waals surface area contributed by atoms with Gasteiger partial charge in [-0.05, 0) is 31.9 Å². The first-order valence-electron chi connectivity index (χ1n) is 9.47. The minimum atomic E-state index is -0.992. The van der Waals surface area contributed by atoms with E-state index in [1.165, 1.54) is 0 Å². The number of nitrogens with one attached hydrogen (secondary N) is 1. The Kier molecular flexibility index (Phi) is 6.47. The van der Waals surface area contributed by atoms with E-state index in [0.29, 0.717) is 23.6 Å². The summed E-state index contributed by atoms with van der Waals surface area (Å²) in [5.74, 6) is -0.212. The minimum Gasteiger partial charge on any atom is -0.492 e. The fourth-order valence-electron chi connectivity index (χ4n) is 3.32. The molecule has 0 radical (unpaired) electrons. The highest BCUT2D eigenvalue weighted by Gasteiger charge is 2.31. The van der Waals surface area contributed by atoms with E-state index in [1.807, 2.05) is 37.3 Å². The number of rotatable bonds is 7. The molecule has 27 heavy (non-hydrogen) atoms. The first-order valence-corrected chi connectivity index (χ1v) is 9.47. The van der Waals surface area contributed by atoms with Crippen molar-refractivity contribution in [3.8, 4) is 5.75 Å². The Morgan fingerprint density at radius 2 is 1.70 bits per heavy atom. The summed E-state index contributed by atoms with van der Waals surface area (Å²) in [7, 11) is 0. The van der Waals surface area contributed by atoms with E-state index in [9.17, 15) is 9.59 Å². The van der Waals surface area contributed by atoms with E-state index in [2.05, 4.69) is 5.32 Å². The molecular formula is C22H25NO4. The molecule has 0 aliphatic heterocycles. The molecule has 1 aliphatic rings. The number of anilines is 1. The molecule has 142 valence electrons. The van der Waals surface area contributed by atoms with E-state index >= 15 is 0 Å². The van der Waals surface area contributed by atoms with Crippen LogP contribution in [0.25, 0.3) is 0 Å². The largest absolute Gasteiger partial charge is 0.492 e. The molecule has 1 saturated carbocycles. The first kappa shape index (κ1) is 19.0. The average Bonchev–Trinajstić information content (AvgIpc) is 3.23. The van der Waals surface area contributed by atoms with Crippen molar-refractivity contribution >= 4 is 17.6 Å². The third kappa shape index (κ3) is 4.88. The second-order valence-electron chi connectivity index (χ2n) is 6.63. The third-order valence-electron chi connectivity index (χ3n) is 4.71. The van der Waals surface area contributed by atoms with Gasteiger partial charge >= 0.3 is 5.97 Å². The van der Waals surface area contributed by atoms with Crippen LogP contribution in [-0.4, -0.2) is 18.5 Å². The second kappa shape index (κ2) is 9.21. The van der Waals surface area contributed by atoms with Gasteiger partial charge < -0.3 is 14.8 Å². The highest BCUT2D eigenvalue weighted by atomic mass is 16.5. The molecule has 5 heteroatoms. The summed E-state index contributed by atoms with van der Waals surface area (Å²) >= 11 is 0. The van der Waals surface area contributed by atoms with Gasteiger partial charge in [0, 0.05) is 5.56 Å². The molecule has 1 N–H and O–H groups in total. The number of ether oxygens (including phenoxy) is 2. The summed E-state index contributed by atoms with van der Waals surface area (Å²) < 4.78 is 11.2. The Hall–Kier alpha value is -2.82. The lowest BCUT2D eigenvalue weighted by molar-refractivity contribution is -0.158. The average molecular weight is 367 g/mol. The molecule has 0 saturated heterocycles. The van der Waals surface area contributed by atoms with Crippen LogP contribution in [-0.2, 0) is 14.3 Å². The van der Waals surface area contributed by atoms with Gasteiger partial charge in [-0.2, -0.15) is 0 Å². The van der Waals surface area contributed by atoms with Crippen molar-refractivity contribution in [2.45, 2.75) is 38.7 Å². The standard InChI is InChI=1S/C22H25NO4/c1-2-26-19-15-9-8-14-18(19)23-21(24)20(16-10-4-3-5-11-16)27-22(25)17-12-6-7-13-17/h3-5,8-11,14-15,17,20H,2,6-7,12-13H2,1H3,(H,23,24)/t20-/m1/s1. The van der Waals surface area contributed by atoms with E-state index in [4.69, 9.17) is 9.47 Å².